The Labute approximate surface area is 124 Å². The Morgan fingerprint density at radius 1 is 1.29 bits per heavy atom. The molecule has 7 heteroatoms. The van der Waals surface area contributed by atoms with E-state index in [9.17, 15) is 18.3 Å². The summed E-state index contributed by atoms with van der Waals surface area (Å²) in [6.45, 7) is 3.73. The Morgan fingerprint density at radius 3 is 2.33 bits per heavy atom. The molecule has 0 aliphatic heterocycles. The van der Waals surface area contributed by atoms with E-state index in [4.69, 9.17) is 9.47 Å². The Balaban J connectivity index is 3.45. The molecular formula is C14H20O6S. The second-order valence-electron chi connectivity index (χ2n) is 4.81. The van der Waals surface area contributed by atoms with Crippen LogP contribution in [0.3, 0.4) is 0 Å². The van der Waals surface area contributed by atoms with Gasteiger partial charge in [-0.2, -0.15) is 0 Å². The minimum absolute atomic E-state index is 0.00694. The molecule has 0 spiro atoms. The molecule has 118 valence electrons. The molecule has 0 amide bonds. The maximum atomic E-state index is 12.4. The number of ether oxygens (including phenoxy) is 2. The molecule has 0 radical (unpaired) electrons. The lowest BCUT2D eigenvalue weighted by Crippen LogP contribution is -2.15. The van der Waals surface area contributed by atoms with Crippen molar-refractivity contribution in [3.8, 4) is 11.5 Å². The van der Waals surface area contributed by atoms with E-state index in [2.05, 4.69) is 0 Å². The molecule has 0 saturated carbocycles. The quantitative estimate of drug-likeness (QED) is 0.829. The van der Waals surface area contributed by atoms with Gasteiger partial charge in [0.15, 0.2) is 21.3 Å². The number of benzene rings is 1. The summed E-state index contributed by atoms with van der Waals surface area (Å²) in [5.41, 5.74) is -0.237. The Morgan fingerprint density at radius 2 is 1.90 bits per heavy atom. The van der Waals surface area contributed by atoms with Crippen LogP contribution in [0.15, 0.2) is 17.0 Å². The highest BCUT2D eigenvalue weighted by Gasteiger charge is 2.24. The van der Waals surface area contributed by atoms with E-state index in [1.807, 2.05) is 13.8 Å². The van der Waals surface area contributed by atoms with Gasteiger partial charge in [-0.25, -0.2) is 13.2 Å². The average Bonchev–Trinajstić information content (AvgIpc) is 2.44. The lowest BCUT2D eigenvalue weighted by Gasteiger charge is -2.14. The van der Waals surface area contributed by atoms with Crippen LogP contribution < -0.4 is 9.47 Å². The molecule has 6 nitrogen and oxygen atoms in total. The first-order valence-electron chi connectivity index (χ1n) is 6.48. The van der Waals surface area contributed by atoms with Crippen LogP contribution in [-0.4, -0.2) is 39.5 Å². The van der Waals surface area contributed by atoms with Crippen molar-refractivity contribution in [2.75, 3.05) is 20.0 Å². The van der Waals surface area contributed by atoms with Crippen LogP contribution in [0.4, 0.5) is 0 Å². The van der Waals surface area contributed by atoms with Crippen LogP contribution in [0.1, 0.15) is 30.6 Å². The summed E-state index contributed by atoms with van der Waals surface area (Å²) in [4.78, 5) is 11.2. The zero-order valence-corrected chi connectivity index (χ0v) is 13.4. The van der Waals surface area contributed by atoms with Crippen LogP contribution in [0.2, 0.25) is 0 Å². The van der Waals surface area contributed by atoms with Crippen molar-refractivity contribution in [1.29, 1.82) is 0 Å². The number of aromatic carboxylic acids is 1. The van der Waals surface area contributed by atoms with Gasteiger partial charge in [-0.3, -0.25) is 0 Å². The lowest BCUT2D eigenvalue weighted by atomic mass is 10.2. The number of carboxylic acids is 1. The first kappa shape index (κ1) is 17.3. The number of carbonyl (C=O) groups is 1. The standard InChI is InChI=1S/C14H20O6S/c1-5-9(2)8-21(17,18)10-6-11(14(15)16)13(20-4)12(7-10)19-3/h6-7,9H,5,8H2,1-4H3,(H,15,16). The molecular weight excluding hydrogens is 296 g/mol. The highest BCUT2D eigenvalue weighted by molar-refractivity contribution is 7.91. The maximum Gasteiger partial charge on any atom is 0.339 e. The van der Waals surface area contributed by atoms with Crippen molar-refractivity contribution in [2.24, 2.45) is 5.92 Å². The molecule has 0 aliphatic rings. The molecule has 0 fully saturated rings. The van der Waals surface area contributed by atoms with Gasteiger partial charge < -0.3 is 14.6 Å². The Kier molecular flexibility index (Phi) is 5.60. The molecule has 1 aromatic rings. The summed E-state index contributed by atoms with van der Waals surface area (Å²) in [5.74, 6) is -1.24. The number of carboxylic acid groups (broad SMARTS) is 1. The summed E-state index contributed by atoms with van der Waals surface area (Å²) in [5, 5.41) is 9.20. The fourth-order valence-corrected chi connectivity index (χ4v) is 3.63. The van der Waals surface area contributed by atoms with E-state index in [1.165, 1.54) is 20.3 Å². The summed E-state index contributed by atoms with van der Waals surface area (Å²) < 4.78 is 34.7. The maximum absolute atomic E-state index is 12.4. The van der Waals surface area contributed by atoms with Crippen LogP contribution in [0.5, 0.6) is 11.5 Å². The van der Waals surface area contributed by atoms with Crippen LogP contribution >= 0.6 is 0 Å². The number of rotatable bonds is 7. The van der Waals surface area contributed by atoms with Gasteiger partial charge in [0.2, 0.25) is 0 Å². The third-order valence-electron chi connectivity index (χ3n) is 3.24. The predicted molar refractivity (Wildman–Crippen MR) is 78.0 cm³/mol. The molecule has 1 aromatic carbocycles. The number of hydrogen-bond donors (Lipinski definition) is 1. The Bertz CT molecular complexity index is 621. The topological polar surface area (TPSA) is 89.9 Å². The highest BCUT2D eigenvalue weighted by Crippen LogP contribution is 2.34. The van der Waals surface area contributed by atoms with Gasteiger partial charge >= 0.3 is 5.97 Å². The van der Waals surface area contributed by atoms with Crippen molar-refractivity contribution < 1.29 is 27.8 Å². The lowest BCUT2D eigenvalue weighted by molar-refractivity contribution is 0.0692. The fourth-order valence-electron chi connectivity index (χ4n) is 1.87. The van der Waals surface area contributed by atoms with Crippen molar-refractivity contribution in [3.63, 3.8) is 0 Å². The second kappa shape index (κ2) is 6.80. The normalized spacial score (nSPS) is 12.8. The smallest absolute Gasteiger partial charge is 0.339 e. The van der Waals surface area contributed by atoms with Gasteiger partial charge in [0.05, 0.1) is 24.9 Å². The number of sulfone groups is 1. The van der Waals surface area contributed by atoms with E-state index in [1.54, 1.807) is 0 Å². The molecule has 0 aromatic heterocycles. The third-order valence-corrected chi connectivity index (χ3v) is 5.20. The van der Waals surface area contributed by atoms with Gasteiger partial charge in [0.1, 0.15) is 5.56 Å². The molecule has 1 rings (SSSR count). The molecule has 21 heavy (non-hydrogen) atoms. The first-order chi connectivity index (χ1) is 9.76. The van der Waals surface area contributed by atoms with Crippen molar-refractivity contribution in [2.45, 2.75) is 25.2 Å². The average molecular weight is 316 g/mol. The SMILES string of the molecule is CCC(C)CS(=O)(=O)c1cc(OC)c(OC)c(C(=O)O)c1. The predicted octanol–water partition coefficient (Wildman–Crippen LogP) is 2.22. The number of methoxy groups -OCH3 is 2. The van der Waals surface area contributed by atoms with E-state index in [0.29, 0.717) is 0 Å². The molecule has 0 saturated heterocycles. The molecule has 0 heterocycles. The van der Waals surface area contributed by atoms with Gasteiger partial charge in [0, 0.05) is 6.07 Å². The van der Waals surface area contributed by atoms with Crippen molar-refractivity contribution >= 4 is 15.8 Å². The largest absolute Gasteiger partial charge is 0.493 e. The van der Waals surface area contributed by atoms with Gasteiger partial charge in [0.25, 0.3) is 0 Å². The zero-order valence-electron chi connectivity index (χ0n) is 12.5. The second-order valence-corrected chi connectivity index (χ2v) is 6.84. The molecule has 1 unspecified atom stereocenters. The highest BCUT2D eigenvalue weighted by atomic mass is 32.2. The summed E-state index contributed by atoms with van der Waals surface area (Å²) >= 11 is 0. The molecule has 0 aliphatic carbocycles. The molecule has 1 N–H and O–H groups in total. The zero-order chi connectivity index (χ0) is 16.2. The van der Waals surface area contributed by atoms with Crippen LogP contribution in [0.25, 0.3) is 0 Å². The monoisotopic (exact) mass is 316 g/mol. The van der Waals surface area contributed by atoms with Gasteiger partial charge in [-0.05, 0) is 12.0 Å². The van der Waals surface area contributed by atoms with Crippen LogP contribution in [0, 0.1) is 5.92 Å². The summed E-state index contributed by atoms with van der Waals surface area (Å²) in [7, 11) is -0.953. The van der Waals surface area contributed by atoms with Gasteiger partial charge in [-0.15, -0.1) is 0 Å². The molecule has 0 bridgehead atoms. The van der Waals surface area contributed by atoms with Crippen molar-refractivity contribution in [3.05, 3.63) is 17.7 Å². The minimum atomic E-state index is -3.58. The van der Waals surface area contributed by atoms with Gasteiger partial charge in [-0.1, -0.05) is 20.3 Å². The minimum Gasteiger partial charge on any atom is -0.493 e. The van der Waals surface area contributed by atoms with Crippen LogP contribution in [-0.2, 0) is 9.84 Å². The van der Waals surface area contributed by atoms with Crippen molar-refractivity contribution in [1.82, 2.24) is 0 Å². The van der Waals surface area contributed by atoms with E-state index in [0.717, 1.165) is 12.5 Å². The molecule has 1 atom stereocenters. The summed E-state index contributed by atoms with van der Waals surface area (Å²) in [6, 6.07) is 2.41. The Hall–Kier alpha value is -1.76. The fraction of sp³-hybridized carbons (Fsp3) is 0.500. The third kappa shape index (κ3) is 3.87. The van der Waals surface area contributed by atoms with E-state index >= 15 is 0 Å². The summed E-state index contributed by atoms with van der Waals surface area (Å²) in [6.07, 6.45) is 0.721. The number of hydrogen-bond acceptors (Lipinski definition) is 5. The van der Waals surface area contributed by atoms with E-state index < -0.39 is 15.8 Å². The first-order valence-corrected chi connectivity index (χ1v) is 8.14. The van der Waals surface area contributed by atoms with E-state index in [-0.39, 0.29) is 33.6 Å².